The smallest absolute Gasteiger partial charge is 0.387 e. The van der Waals surface area contributed by atoms with Gasteiger partial charge in [0.15, 0.2) is 0 Å². The van der Waals surface area contributed by atoms with E-state index >= 15 is 0 Å². The molecule has 0 aliphatic heterocycles. The molecule has 0 aromatic carbocycles. The SMILES string of the molecule is CC/C=C\C/C=C\C/C=C\C/C=C\C/C=C\CCCCCCCCCCCCCCCCCCCCCCCC(=O)NC(COP(=O)(O)OCC[N+](C)(C)C)C(O)/C=C/CC/C=C/CCCCCCCC. The summed E-state index contributed by atoms with van der Waals surface area (Å²) in [5.74, 6) is -0.187. The minimum absolute atomic E-state index is 0.0549. The van der Waals surface area contributed by atoms with Crippen molar-refractivity contribution >= 4 is 13.7 Å². The fourth-order valence-corrected chi connectivity index (χ4v) is 9.00. The second-order valence-electron chi connectivity index (χ2n) is 21.0. The van der Waals surface area contributed by atoms with Crippen molar-refractivity contribution in [1.82, 2.24) is 5.32 Å². The van der Waals surface area contributed by atoms with Crippen molar-refractivity contribution in [3.63, 3.8) is 0 Å². The highest BCUT2D eigenvalue weighted by Gasteiger charge is 2.27. The van der Waals surface area contributed by atoms with E-state index in [-0.39, 0.29) is 19.1 Å². The van der Waals surface area contributed by atoms with Crippen LogP contribution in [0.3, 0.4) is 0 Å². The second kappa shape index (κ2) is 52.5. The number of rotatable bonds is 53. The number of nitrogens with zero attached hydrogens (tertiary/aromatic N) is 1. The molecule has 1 amide bonds. The molecule has 0 fully saturated rings. The number of carbonyl (C=O) groups is 1. The van der Waals surface area contributed by atoms with Crippen LogP contribution in [0.4, 0.5) is 0 Å². The van der Waals surface area contributed by atoms with E-state index in [0.29, 0.717) is 17.4 Å². The van der Waals surface area contributed by atoms with Gasteiger partial charge >= 0.3 is 7.82 Å². The highest BCUT2D eigenvalue weighted by Crippen LogP contribution is 2.43. The lowest BCUT2D eigenvalue weighted by Crippen LogP contribution is -2.45. The van der Waals surface area contributed by atoms with Crippen LogP contribution in [0.25, 0.3) is 0 Å². The molecule has 412 valence electrons. The lowest BCUT2D eigenvalue weighted by Gasteiger charge is -2.25. The van der Waals surface area contributed by atoms with Crippen molar-refractivity contribution in [3.8, 4) is 0 Å². The maximum atomic E-state index is 12.9. The Morgan fingerprint density at radius 3 is 1.30 bits per heavy atom. The number of likely N-dealkylation sites (N-methyl/N-ethyl adjacent to an activating group) is 1. The monoisotopic (exact) mass is 1010 g/mol. The molecular weight excluding hydrogens is 900 g/mol. The molecule has 0 heterocycles. The third-order valence-electron chi connectivity index (χ3n) is 12.8. The van der Waals surface area contributed by atoms with Gasteiger partial charge in [-0.2, -0.15) is 0 Å². The van der Waals surface area contributed by atoms with Crippen molar-refractivity contribution < 1.29 is 32.9 Å². The maximum absolute atomic E-state index is 12.9. The summed E-state index contributed by atoms with van der Waals surface area (Å²) >= 11 is 0. The van der Waals surface area contributed by atoms with Crippen LogP contribution in [0.2, 0.25) is 0 Å². The minimum Gasteiger partial charge on any atom is -0.387 e. The van der Waals surface area contributed by atoms with Crippen LogP contribution < -0.4 is 5.32 Å². The topological polar surface area (TPSA) is 105 Å². The average Bonchev–Trinajstić information content (AvgIpc) is 3.33. The molecule has 0 saturated heterocycles. The lowest BCUT2D eigenvalue weighted by atomic mass is 10.0. The first-order valence-corrected chi connectivity index (χ1v) is 31.0. The highest BCUT2D eigenvalue weighted by molar-refractivity contribution is 7.47. The molecule has 0 aromatic rings. The molecule has 3 atom stereocenters. The van der Waals surface area contributed by atoms with Gasteiger partial charge in [0.05, 0.1) is 39.9 Å². The number of allylic oxidation sites excluding steroid dienone is 13. The molecule has 0 rings (SSSR count). The van der Waals surface area contributed by atoms with E-state index in [4.69, 9.17) is 9.05 Å². The number of hydrogen-bond donors (Lipinski definition) is 3. The number of amides is 1. The van der Waals surface area contributed by atoms with Gasteiger partial charge in [0.25, 0.3) is 0 Å². The van der Waals surface area contributed by atoms with Crippen LogP contribution in [0.5, 0.6) is 0 Å². The van der Waals surface area contributed by atoms with Crippen molar-refractivity contribution in [2.75, 3.05) is 40.9 Å². The third kappa shape index (κ3) is 55.3. The number of aliphatic hydroxyl groups excluding tert-OH is 1. The van der Waals surface area contributed by atoms with Crippen molar-refractivity contribution in [1.29, 1.82) is 0 Å². The Morgan fingerprint density at radius 2 is 0.859 bits per heavy atom. The first kappa shape index (κ1) is 68.7. The van der Waals surface area contributed by atoms with E-state index in [1.165, 1.54) is 161 Å². The zero-order valence-corrected chi connectivity index (χ0v) is 47.8. The number of carbonyl (C=O) groups excluding carboxylic acids is 1. The number of quaternary nitrogens is 1. The Labute approximate surface area is 439 Å². The number of phosphoric acid groups is 1. The predicted molar refractivity (Wildman–Crippen MR) is 309 cm³/mol. The molecule has 0 aliphatic carbocycles. The summed E-state index contributed by atoms with van der Waals surface area (Å²) in [6, 6.07) is -0.864. The van der Waals surface area contributed by atoms with Gasteiger partial charge in [0.1, 0.15) is 13.2 Å². The molecule has 0 aliphatic rings. The number of hydrogen-bond acceptors (Lipinski definition) is 5. The Balaban J connectivity index is 3.95. The van der Waals surface area contributed by atoms with Gasteiger partial charge in [-0.1, -0.05) is 253 Å². The Bertz CT molecular complexity index is 1430. The summed E-state index contributed by atoms with van der Waals surface area (Å²) in [5, 5.41) is 13.8. The van der Waals surface area contributed by atoms with Gasteiger partial charge in [0.2, 0.25) is 5.91 Å². The van der Waals surface area contributed by atoms with E-state index in [0.717, 1.165) is 70.6 Å². The molecule has 8 nitrogen and oxygen atoms in total. The van der Waals surface area contributed by atoms with Crippen LogP contribution in [-0.4, -0.2) is 73.4 Å². The summed E-state index contributed by atoms with van der Waals surface area (Å²) in [7, 11) is 1.55. The standard InChI is InChI=1S/C62H113N2O6P/c1-6-8-10-12-14-16-18-20-21-22-23-24-25-26-27-28-29-30-31-32-33-34-35-36-37-38-39-40-41-42-43-44-46-48-50-52-54-56-62(66)63-60(59-70-71(67,68)69-58-57-64(3,4)5)61(65)55-53-51-49-47-45-19-17-15-13-11-9-7-2/h8,10,14,16,20-21,23-24,26-27,45,47,53,55,60-61,65H,6-7,9,11-13,15,17-19,22,25,28-44,46,48-52,54,56-59H2,1-5H3,(H-,63,66,67,68)/p+1/b10-8-,16-14-,21-20-,24-23-,27-26-,47-45+,55-53+. The van der Waals surface area contributed by atoms with Gasteiger partial charge in [-0.25, -0.2) is 4.57 Å². The molecule has 0 radical (unpaired) electrons. The number of unbranched alkanes of at least 4 members (excludes halogenated alkanes) is 28. The summed E-state index contributed by atoms with van der Waals surface area (Å²) in [5.41, 5.74) is 0. The van der Waals surface area contributed by atoms with Crippen LogP contribution in [0.1, 0.15) is 251 Å². The molecule has 3 N–H and O–H groups in total. The molecule has 71 heavy (non-hydrogen) atoms. The highest BCUT2D eigenvalue weighted by atomic mass is 31.2. The summed E-state index contributed by atoms with van der Waals surface area (Å²) in [4.78, 5) is 23.2. The van der Waals surface area contributed by atoms with E-state index in [2.05, 4.69) is 92.1 Å². The molecule has 9 heteroatoms. The largest absolute Gasteiger partial charge is 0.472 e. The quantitative estimate of drug-likeness (QED) is 0.0243. The summed E-state index contributed by atoms with van der Waals surface area (Å²) < 4.78 is 23.6. The first-order chi connectivity index (χ1) is 34.5. The van der Waals surface area contributed by atoms with E-state index < -0.39 is 20.0 Å². The van der Waals surface area contributed by atoms with Gasteiger partial charge in [-0.3, -0.25) is 13.8 Å². The average molecular weight is 1010 g/mol. The fraction of sp³-hybridized carbons (Fsp3) is 0.758. The Morgan fingerprint density at radius 1 is 0.493 bits per heavy atom. The van der Waals surface area contributed by atoms with Gasteiger partial charge < -0.3 is 19.8 Å². The van der Waals surface area contributed by atoms with Crippen LogP contribution in [0, 0.1) is 0 Å². The molecule has 0 bridgehead atoms. The van der Waals surface area contributed by atoms with Crippen molar-refractivity contribution in [3.05, 3.63) is 85.1 Å². The number of phosphoric ester groups is 1. The summed E-state index contributed by atoms with van der Waals surface area (Å²) in [6.45, 7) is 4.67. The van der Waals surface area contributed by atoms with Crippen LogP contribution in [-0.2, 0) is 18.4 Å². The fourth-order valence-electron chi connectivity index (χ4n) is 8.26. The van der Waals surface area contributed by atoms with E-state index in [1.54, 1.807) is 6.08 Å². The maximum Gasteiger partial charge on any atom is 0.472 e. The first-order valence-electron chi connectivity index (χ1n) is 29.5. The van der Waals surface area contributed by atoms with Crippen LogP contribution >= 0.6 is 7.82 Å². The Kier molecular flexibility index (Phi) is 50.8. The third-order valence-corrected chi connectivity index (χ3v) is 13.8. The number of aliphatic hydroxyl groups is 1. The van der Waals surface area contributed by atoms with Gasteiger partial charge in [-0.05, 0) is 77.0 Å². The van der Waals surface area contributed by atoms with Crippen molar-refractivity contribution in [2.45, 2.75) is 264 Å². The van der Waals surface area contributed by atoms with Crippen molar-refractivity contribution in [2.24, 2.45) is 0 Å². The zero-order valence-electron chi connectivity index (χ0n) is 46.9. The minimum atomic E-state index is -4.35. The lowest BCUT2D eigenvalue weighted by molar-refractivity contribution is -0.870. The van der Waals surface area contributed by atoms with E-state index in [1.807, 2.05) is 27.2 Å². The molecular formula is C62H114N2O6P+. The predicted octanol–water partition coefficient (Wildman–Crippen LogP) is 18.0. The van der Waals surface area contributed by atoms with Gasteiger partial charge in [-0.15, -0.1) is 0 Å². The van der Waals surface area contributed by atoms with E-state index in [9.17, 15) is 19.4 Å². The molecule has 3 unspecified atom stereocenters. The second-order valence-corrected chi connectivity index (χ2v) is 22.4. The Hall–Kier alpha value is -2.32. The number of nitrogens with one attached hydrogen (secondary N) is 1. The van der Waals surface area contributed by atoms with Gasteiger partial charge in [0, 0.05) is 6.42 Å². The molecule has 0 spiro atoms. The normalized spacial score (nSPS) is 14.5. The zero-order chi connectivity index (χ0) is 52.0. The molecule has 0 saturated carbocycles. The molecule has 0 aromatic heterocycles. The summed E-state index contributed by atoms with van der Waals surface area (Å²) in [6.07, 6.45) is 74.3. The van der Waals surface area contributed by atoms with Crippen LogP contribution in [0.15, 0.2) is 85.1 Å².